The number of carbonyl (C=O) groups is 1. The zero-order valence-electron chi connectivity index (χ0n) is 19.5. The lowest BCUT2D eigenvalue weighted by atomic mass is 9.82. The maximum atomic E-state index is 15.0. The molecule has 0 saturated heterocycles. The van der Waals surface area contributed by atoms with Crippen LogP contribution in [0.3, 0.4) is 0 Å². The predicted octanol–water partition coefficient (Wildman–Crippen LogP) is 7.92. The van der Waals surface area contributed by atoms with Gasteiger partial charge in [0.2, 0.25) is 0 Å². The Kier molecular flexibility index (Phi) is 7.40. The van der Waals surface area contributed by atoms with Crippen LogP contribution in [0.4, 0.5) is 13.2 Å². The quantitative estimate of drug-likeness (QED) is 0.345. The largest absolute Gasteiger partial charge is 0.459 e. The van der Waals surface area contributed by atoms with E-state index in [1.807, 2.05) is 24.3 Å². The minimum absolute atomic E-state index is 0.0841. The van der Waals surface area contributed by atoms with Crippen molar-refractivity contribution in [2.24, 2.45) is 0 Å². The number of aryl methyl sites for hydroxylation is 2. The first-order valence-corrected chi connectivity index (χ1v) is 11.9. The van der Waals surface area contributed by atoms with Crippen LogP contribution < -0.4 is 0 Å². The van der Waals surface area contributed by atoms with Crippen LogP contribution in [0.1, 0.15) is 72.0 Å². The van der Waals surface area contributed by atoms with Gasteiger partial charge in [-0.15, -0.1) is 0 Å². The topological polar surface area (TPSA) is 26.3 Å². The lowest BCUT2D eigenvalue weighted by Gasteiger charge is -2.29. The average molecular weight is 467 g/mol. The molecule has 0 bridgehead atoms. The van der Waals surface area contributed by atoms with Crippen molar-refractivity contribution in [3.05, 3.63) is 94.3 Å². The number of rotatable bonds is 6. The van der Waals surface area contributed by atoms with Gasteiger partial charge in [-0.25, -0.2) is 18.0 Å². The van der Waals surface area contributed by atoms with Gasteiger partial charge in [-0.05, 0) is 79.3 Å². The van der Waals surface area contributed by atoms with Gasteiger partial charge < -0.3 is 4.74 Å². The molecule has 1 fully saturated rings. The maximum absolute atomic E-state index is 15.0. The summed E-state index contributed by atoms with van der Waals surface area (Å²) >= 11 is 0. The predicted molar refractivity (Wildman–Crippen MR) is 127 cm³/mol. The van der Waals surface area contributed by atoms with Crippen molar-refractivity contribution in [1.82, 2.24) is 0 Å². The van der Waals surface area contributed by atoms with Gasteiger partial charge in [0.1, 0.15) is 11.9 Å². The zero-order chi connectivity index (χ0) is 24.2. The fourth-order valence-corrected chi connectivity index (χ4v) is 4.73. The Balaban J connectivity index is 1.41. The number of esters is 1. The van der Waals surface area contributed by atoms with E-state index in [9.17, 15) is 13.6 Å². The molecular weight excluding hydrogens is 437 g/mol. The summed E-state index contributed by atoms with van der Waals surface area (Å²) in [5.74, 6) is -3.08. The number of halogens is 3. The van der Waals surface area contributed by atoms with E-state index >= 15 is 4.39 Å². The smallest absolute Gasteiger partial charge is 0.341 e. The van der Waals surface area contributed by atoms with Gasteiger partial charge in [0.15, 0.2) is 11.6 Å². The van der Waals surface area contributed by atoms with Crippen LogP contribution in [0.5, 0.6) is 0 Å². The summed E-state index contributed by atoms with van der Waals surface area (Å²) in [6.07, 6.45) is 3.79. The fourth-order valence-electron chi connectivity index (χ4n) is 4.73. The van der Waals surface area contributed by atoms with Crippen LogP contribution in [0.15, 0.2) is 54.6 Å². The molecule has 0 unspecified atom stereocenters. The Morgan fingerprint density at radius 3 is 2.26 bits per heavy atom. The number of hydrogen-bond donors (Lipinski definition) is 0. The molecule has 0 aromatic heterocycles. The Morgan fingerprint density at radius 2 is 1.62 bits per heavy atom. The highest BCUT2D eigenvalue weighted by atomic mass is 19.2. The Labute approximate surface area is 198 Å². The van der Waals surface area contributed by atoms with E-state index in [4.69, 9.17) is 4.74 Å². The second kappa shape index (κ2) is 10.5. The second-order valence-electron chi connectivity index (χ2n) is 9.14. The second-order valence-corrected chi connectivity index (χ2v) is 9.14. The van der Waals surface area contributed by atoms with Crippen LogP contribution in [0.2, 0.25) is 0 Å². The Bertz CT molecular complexity index is 1160. The standard InChI is InChI=1S/C29H29F3O2/c1-3-4-19-6-8-20(9-7-19)23-15-16-24(28(32)27(23)31)21-10-12-22(13-11-21)34-29(33)25-14-5-18(2)17-26(25)30/h5-9,14-17,21-22H,3-4,10-13H2,1-2H3. The molecule has 0 spiro atoms. The van der Waals surface area contributed by atoms with E-state index in [0.29, 0.717) is 36.8 Å². The van der Waals surface area contributed by atoms with Crippen LogP contribution in [0.25, 0.3) is 11.1 Å². The maximum Gasteiger partial charge on any atom is 0.341 e. The summed E-state index contributed by atoms with van der Waals surface area (Å²) in [6.45, 7) is 3.85. The van der Waals surface area contributed by atoms with Crippen molar-refractivity contribution in [2.75, 3.05) is 0 Å². The molecule has 5 heteroatoms. The number of ether oxygens (including phenoxy) is 1. The molecule has 1 aliphatic rings. The molecular formula is C29H29F3O2. The molecule has 1 aliphatic carbocycles. The highest BCUT2D eigenvalue weighted by molar-refractivity contribution is 5.89. The minimum atomic E-state index is -0.830. The molecule has 178 valence electrons. The van der Waals surface area contributed by atoms with Crippen molar-refractivity contribution in [3.8, 4) is 11.1 Å². The number of carbonyl (C=O) groups excluding carboxylic acids is 1. The van der Waals surface area contributed by atoms with Gasteiger partial charge in [-0.1, -0.05) is 55.8 Å². The summed E-state index contributed by atoms with van der Waals surface area (Å²) in [5, 5.41) is 0. The summed E-state index contributed by atoms with van der Waals surface area (Å²) in [5.41, 5.74) is 3.08. The first kappa shape index (κ1) is 24.1. The van der Waals surface area contributed by atoms with Crippen LogP contribution in [0, 0.1) is 24.4 Å². The van der Waals surface area contributed by atoms with E-state index in [-0.39, 0.29) is 23.1 Å². The van der Waals surface area contributed by atoms with Crippen molar-refractivity contribution in [3.63, 3.8) is 0 Å². The van der Waals surface area contributed by atoms with Crippen LogP contribution in [-0.4, -0.2) is 12.1 Å². The van der Waals surface area contributed by atoms with Crippen molar-refractivity contribution in [2.45, 2.75) is 64.4 Å². The fraction of sp³-hybridized carbons (Fsp3) is 0.345. The van der Waals surface area contributed by atoms with Crippen molar-refractivity contribution in [1.29, 1.82) is 0 Å². The minimum Gasteiger partial charge on any atom is -0.459 e. The number of benzene rings is 3. The molecule has 2 nitrogen and oxygen atoms in total. The van der Waals surface area contributed by atoms with E-state index in [0.717, 1.165) is 18.4 Å². The van der Waals surface area contributed by atoms with Crippen molar-refractivity contribution < 1.29 is 22.7 Å². The van der Waals surface area contributed by atoms with E-state index < -0.39 is 23.4 Å². The molecule has 0 aliphatic heterocycles. The first-order valence-electron chi connectivity index (χ1n) is 11.9. The molecule has 0 heterocycles. The Hall–Kier alpha value is -3.08. The third-order valence-corrected chi connectivity index (χ3v) is 6.65. The highest BCUT2D eigenvalue weighted by Gasteiger charge is 2.29. The van der Waals surface area contributed by atoms with E-state index in [1.165, 1.54) is 17.7 Å². The Morgan fingerprint density at radius 1 is 0.912 bits per heavy atom. The van der Waals surface area contributed by atoms with E-state index in [2.05, 4.69) is 6.92 Å². The van der Waals surface area contributed by atoms with Crippen molar-refractivity contribution >= 4 is 5.97 Å². The molecule has 4 rings (SSSR count). The van der Waals surface area contributed by atoms with Gasteiger partial charge in [-0.2, -0.15) is 0 Å². The van der Waals surface area contributed by atoms with Gasteiger partial charge in [-0.3, -0.25) is 0 Å². The molecule has 3 aromatic rings. The molecule has 0 atom stereocenters. The average Bonchev–Trinajstić information content (AvgIpc) is 2.82. The van der Waals surface area contributed by atoms with Gasteiger partial charge in [0.25, 0.3) is 0 Å². The highest BCUT2D eigenvalue weighted by Crippen LogP contribution is 2.38. The monoisotopic (exact) mass is 466 g/mol. The summed E-state index contributed by atoms with van der Waals surface area (Å²) in [4.78, 5) is 12.4. The van der Waals surface area contributed by atoms with Gasteiger partial charge in [0, 0.05) is 5.56 Å². The molecule has 3 aromatic carbocycles. The lowest BCUT2D eigenvalue weighted by molar-refractivity contribution is 0.0189. The third-order valence-electron chi connectivity index (χ3n) is 6.65. The van der Waals surface area contributed by atoms with Crippen LogP contribution >= 0.6 is 0 Å². The number of hydrogen-bond acceptors (Lipinski definition) is 2. The molecule has 34 heavy (non-hydrogen) atoms. The molecule has 1 saturated carbocycles. The summed E-state index contributed by atoms with van der Waals surface area (Å²) in [6, 6.07) is 15.3. The molecule has 0 radical (unpaired) electrons. The van der Waals surface area contributed by atoms with Crippen LogP contribution in [-0.2, 0) is 11.2 Å². The first-order chi connectivity index (χ1) is 16.4. The zero-order valence-corrected chi connectivity index (χ0v) is 19.5. The summed E-state index contributed by atoms with van der Waals surface area (Å²) < 4.78 is 49.6. The lowest BCUT2D eigenvalue weighted by Crippen LogP contribution is -2.24. The third kappa shape index (κ3) is 5.19. The molecule has 0 amide bonds. The van der Waals surface area contributed by atoms with Gasteiger partial charge in [0.05, 0.1) is 5.56 Å². The normalized spacial score (nSPS) is 18.0. The van der Waals surface area contributed by atoms with E-state index in [1.54, 1.807) is 25.1 Å². The van der Waals surface area contributed by atoms with Gasteiger partial charge >= 0.3 is 5.97 Å². The summed E-state index contributed by atoms with van der Waals surface area (Å²) in [7, 11) is 0. The SMILES string of the molecule is CCCc1ccc(-c2ccc(C3CCC(OC(=O)c4ccc(C)cc4F)CC3)c(F)c2F)cc1. The molecule has 0 N–H and O–H groups in total.